The number of rotatable bonds is 7. The molecule has 2 N–H and O–H groups in total. The Bertz CT molecular complexity index is 463. The number of hydrogen-bond acceptors (Lipinski definition) is 5. The van der Waals surface area contributed by atoms with Crippen molar-refractivity contribution in [1.82, 2.24) is 0 Å². The van der Waals surface area contributed by atoms with Crippen molar-refractivity contribution >= 4 is 23.3 Å². The Morgan fingerprint density at radius 3 is 2.65 bits per heavy atom. The maximum Gasteiger partial charge on any atom is 0.341 e. The molecule has 6 heteroatoms. The van der Waals surface area contributed by atoms with E-state index in [0.29, 0.717) is 31.4 Å². The molecule has 0 unspecified atom stereocenters. The van der Waals surface area contributed by atoms with Gasteiger partial charge >= 0.3 is 5.97 Å². The molecular weight excluding hydrogens is 282 g/mol. The van der Waals surface area contributed by atoms with Gasteiger partial charge in [0.1, 0.15) is 12.2 Å². The topological polar surface area (TPSA) is 70.8 Å². The summed E-state index contributed by atoms with van der Waals surface area (Å²) in [6.45, 7) is 5.49. The molecule has 0 saturated carbocycles. The molecule has 1 aromatic carbocycles. The number of nitrogens with two attached hydrogens (primary N) is 1. The quantitative estimate of drug-likeness (QED) is 0.476. The molecule has 0 atom stereocenters. The molecule has 1 rings (SSSR count). The highest BCUT2D eigenvalue weighted by Crippen LogP contribution is 2.32. The van der Waals surface area contributed by atoms with Crippen LogP contribution >= 0.6 is 11.6 Å². The number of carbonyl (C=O) groups is 1. The van der Waals surface area contributed by atoms with E-state index in [4.69, 9.17) is 26.8 Å². The Kier molecular flexibility index (Phi) is 6.61. The van der Waals surface area contributed by atoms with Crippen molar-refractivity contribution in [2.24, 2.45) is 5.92 Å². The molecule has 0 aliphatic rings. The van der Waals surface area contributed by atoms with E-state index in [1.807, 2.05) is 0 Å². The summed E-state index contributed by atoms with van der Waals surface area (Å²) in [5.41, 5.74) is 6.24. The van der Waals surface area contributed by atoms with Crippen molar-refractivity contribution in [2.75, 3.05) is 32.7 Å². The summed E-state index contributed by atoms with van der Waals surface area (Å²) >= 11 is 6.05. The molecule has 0 radical (unpaired) electrons. The largest absolute Gasteiger partial charge is 0.489 e. The zero-order valence-electron chi connectivity index (χ0n) is 11.9. The predicted molar refractivity (Wildman–Crippen MR) is 78.4 cm³/mol. The maximum absolute atomic E-state index is 11.7. The second-order valence-corrected chi connectivity index (χ2v) is 5.10. The molecule has 0 amide bonds. The third kappa shape index (κ3) is 4.90. The zero-order valence-corrected chi connectivity index (χ0v) is 12.7. The van der Waals surface area contributed by atoms with Gasteiger partial charge in [0.15, 0.2) is 5.75 Å². The average molecular weight is 302 g/mol. The van der Waals surface area contributed by atoms with Crippen molar-refractivity contribution in [1.29, 1.82) is 0 Å². The lowest BCUT2D eigenvalue weighted by Gasteiger charge is -2.13. The number of methoxy groups -OCH3 is 1. The molecule has 112 valence electrons. The highest BCUT2D eigenvalue weighted by atomic mass is 35.5. The summed E-state index contributed by atoms with van der Waals surface area (Å²) in [6.07, 6.45) is 0. The van der Waals surface area contributed by atoms with Crippen LogP contribution in [0.1, 0.15) is 24.2 Å². The first-order valence-corrected chi connectivity index (χ1v) is 6.71. The number of nitrogen functional groups attached to an aromatic ring is 1. The molecule has 1 aromatic rings. The summed E-state index contributed by atoms with van der Waals surface area (Å²) < 4.78 is 15.6. The number of ether oxygens (including phenoxy) is 3. The number of benzene rings is 1. The standard InChI is InChI=1S/C14H20ClNO4/c1-9(2)8-19-4-5-20-13-11(14(17)18-3)6-10(16)7-12(13)15/h6-7,9H,4-5,8,16H2,1-3H3. The van der Waals surface area contributed by atoms with Crippen LogP contribution in [0.4, 0.5) is 5.69 Å². The van der Waals surface area contributed by atoms with Gasteiger partial charge in [0, 0.05) is 12.3 Å². The van der Waals surface area contributed by atoms with Crippen LogP contribution in [0, 0.1) is 5.92 Å². The monoisotopic (exact) mass is 301 g/mol. The van der Waals surface area contributed by atoms with Gasteiger partial charge in [0.05, 0.1) is 18.7 Å². The molecule has 0 aliphatic carbocycles. The fourth-order valence-electron chi connectivity index (χ4n) is 1.54. The lowest BCUT2D eigenvalue weighted by molar-refractivity contribution is 0.0587. The SMILES string of the molecule is COC(=O)c1cc(N)cc(Cl)c1OCCOCC(C)C. The highest BCUT2D eigenvalue weighted by molar-refractivity contribution is 6.33. The van der Waals surface area contributed by atoms with E-state index in [1.165, 1.54) is 19.2 Å². The van der Waals surface area contributed by atoms with Crippen LogP contribution in [0.25, 0.3) is 0 Å². The minimum atomic E-state index is -0.544. The summed E-state index contributed by atoms with van der Waals surface area (Å²) in [4.78, 5) is 11.7. The van der Waals surface area contributed by atoms with Crippen LogP contribution in [0.3, 0.4) is 0 Å². The number of carbonyl (C=O) groups excluding carboxylic acids is 1. The minimum absolute atomic E-state index is 0.210. The second kappa shape index (κ2) is 7.97. The van der Waals surface area contributed by atoms with Gasteiger partial charge in [-0.25, -0.2) is 4.79 Å². The molecule has 5 nitrogen and oxygen atoms in total. The van der Waals surface area contributed by atoms with Gasteiger partial charge < -0.3 is 19.9 Å². The lowest BCUT2D eigenvalue weighted by atomic mass is 10.2. The first-order valence-electron chi connectivity index (χ1n) is 6.33. The van der Waals surface area contributed by atoms with E-state index >= 15 is 0 Å². The molecule has 0 heterocycles. The molecule has 0 bridgehead atoms. The van der Waals surface area contributed by atoms with E-state index in [-0.39, 0.29) is 16.3 Å². The Morgan fingerprint density at radius 2 is 2.05 bits per heavy atom. The molecule has 20 heavy (non-hydrogen) atoms. The third-order valence-corrected chi connectivity index (χ3v) is 2.68. The van der Waals surface area contributed by atoms with Gasteiger partial charge in [-0.2, -0.15) is 0 Å². The Labute approximate surface area is 123 Å². The lowest BCUT2D eigenvalue weighted by Crippen LogP contribution is -2.13. The Morgan fingerprint density at radius 1 is 1.35 bits per heavy atom. The van der Waals surface area contributed by atoms with E-state index in [1.54, 1.807) is 0 Å². The second-order valence-electron chi connectivity index (χ2n) is 4.69. The summed E-state index contributed by atoms with van der Waals surface area (Å²) in [7, 11) is 1.29. The number of hydrogen-bond donors (Lipinski definition) is 1. The van der Waals surface area contributed by atoms with E-state index in [2.05, 4.69) is 18.6 Å². The van der Waals surface area contributed by atoms with Gasteiger partial charge in [0.25, 0.3) is 0 Å². The Balaban J connectivity index is 2.70. The third-order valence-electron chi connectivity index (χ3n) is 2.40. The van der Waals surface area contributed by atoms with Crippen LogP contribution in [0.2, 0.25) is 5.02 Å². The number of halogens is 1. The van der Waals surface area contributed by atoms with Gasteiger partial charge in [-0.1, -0.05) is 25.4 Å². The molecular formula is C14H20ClNO4. The van der Waals surface area contributed by atoms with Crippen molar-refractivity contribution in [3.05, 3.63) is 22.7 Å². The van der Waals surface area contributed by atoms with Crippen molar-refractivity contribution < 1.29 is 19.0 Å². The average Bonchev–Trinajstić information content (AvgIpc) is 2.38. The smallest absolute Gasteiger partial charge is 0.341 e. The van der Waals surface area contributed by atoms with Crippen LogP contribution in [-0.4, -0.2) is 32.9 Å². The van der Waals surface area contributed by atoms with Crippen molar-refractivity contribution in [2.45, 2.75) is 13.8 Å². The number of esters is 1. The molecule has 0 saturated heterocycles. The van der Waals surface area contributed by atoms with Crippen LogP contribution in [0.5, 0.6) is 5.75 Å². The van der Waals surface area contributed by atoms with Crippen LogP contribution in [-0.2, 0) is 9.47 Å². The van der Waals surface area contributed by atoms with Crippen LogP contribution < -0.4 is 10.5 Å². The van der Waals surface area contributed by atoms with Crippen LogP contribution in [0.15, 0.2) is 12.1 Å². The van der Waals surface area contributed by atoms with E-state index in [0.717, 1.165) is 0 Å². The summed E-state index contributed by atoms with van der Waals surface area (Å²) in [5.74, 6) is 0.180. The predicted octanol–water partition coefficient (Wildman–Crippen LogP) is 2.76. The molecule has 0 spiro atoms. The minimum Gasteiger partial charge on any atom is -0.489 e. The first-order chi connectivity index (χ1) is 9.45. The van der Waals surface area contributed by atoms with Crippen molar-refractivity contribution in [3.8, 4) is 5.75 Å². The molecule has 0 fully saturated rings. The molecule has 0 aromatic heterocycles. The van der Waals surface area contributed by atoms with E-state index in [9.17, 15) is 4.79 Å². The first kappa shape index (κ1) is 16.6. The fourth-order valence-corrected chi connectivity index (χ4v) is 1.83. The van der Waals surface area contributed by atoms with Gasteiger partial charge in [0.2, 0.25) is 0 Å². The van der Waals surface area contributed by atoms with Gasteiger partial charge in [-0.05, 0) is 18.1 Å². The normalized spacial score (nSPS) is 10.7. The zero-order chi connectivity index (χ0) is 15.1. The fraction of sp³-hybridized carbons (Fsp3) is 0.500. The summed E-state index contributed by atoms with van der Waals surface area (Å²) in [5, 5.41) is 0.272. The van der Waals surface area contributed by atoms with E-state index < -0.39 is 5.97 Å². The summed E-state index contributed by atoms with van der Waals surface area (Å²) in [6, 6.07) is 3.00. The maximum atomic E-state index is 11.7. The number of anilines is 1. The highest BCUT2D eigenvalue weighted by Gasteiger charge is 2.17. The van der Waals surface area contributed by atoms with Gasteiger partial charge in [-0.15, -0.1) is 0 Å². The van der Waals surface area contributed by atoms with Crippen molar-refractivity contribution in [3.63, 3.8) is 0 Å². The van der Waals surface area contributed by atoms with Gasteiger partial charge in [-0.3, -0.25) is 0 Å². The Hall–Kier alpha value is -1.46. The molecule has 0 aliphatic heterocycles.